The molecule has 10 nitrogen and oxygen atoms in total. The van der Waals surface area contributed by atoms with Crippen LogP contribution in [-0.2, 0) is 26.1 Å². The zero-order valence-electron chi connectivity index (χ0n) is 24.3. The van der Waals surface area contributed by atoms with Crippen molar-refractivity contribution in [3.63, 3.8) is 0 Å². The van der Waals surface area contributed by atoms with Gasteiger partial charge < -0.3 is 14.1 Å². The maximum Gasteiger partial charge on any atom is 0.375 e. The fourth-order valence-corrected chi connectivity index (χ4v) is 6.77. The smallest absolute Gasteiger partial charge is 0.375 e. The maximum atomic E-state index is 12.1. The van der Waals surface area contributed by atoms with Crippen LogP contribution >= 0.6 is 0 Å². The summed E-state index contributed by atoms with van der Waals surface area (Å²) in [6.45, 7) is 1.90. The molecule has 12 heteroatoms. The van der Waals surface area contributed by atoms with Gasteiger partial charge in [-0.1, -0.05) is 85.3 Å². The topological polar surface area (TPSA) is 138 Å². The lowest BCUT2D eigenvalue weighted by Gasteiger charge is -2.24. The molecular weight excluding hydrogens is 617 g/mol. The predicted molar refractivity (Wildman–Crippen MR) is 171 cm³/mol. The number of ether oxygens (including phenoxy) is 1. The van der Waals surface area contributed by atoms with Gasteiger partial charge in [0.05, 0.1) is 11.8 Å². The molecule has 5 aromatic rings. The molecule has 232 valence electrons. The van der Waals surface area contributed by atoms with Crippen molar-refractivity contribution in [1.29, 1.82) is 0 Å². The van der Waals surface area contributed by atoms with Gasteiger partial charge >= 0.3 is 16.0 Å². The third-order valence-corrected chi connectivity index (χ3v) is 8.83. The molecule has 1 aliphatic heterocycles. The van der Waals surface area contributed by atoms with Crippen LogP contribution in [0.5, 0.6) is 5.75 Å². The molecule has 1 aromatic heterocycles. The molecule has 0 spiro atoms. The number of anilines is 1. The molecule has 0 bridgehead atoms. The third-order valence-electron chi connectivity index (χ3n) is 7.64. The van der Waals surface area contributed by atoms with Crippen LogP contribution in [0.2, 0.25) is 0 Å². The van der Waals surface area contributed by atoms with Gasteiger partial charge in [-0.15, -0.1) is 4.57 Å². The predicted octanol–water partition coefficient (Wildman–Crippen LogP) is 6.15. The number of hydrogen-bond donors (Lipinski definition) is 2. The van der Waals surface area contributed by atoms with Crippen LogP contribution in [0.15, 0.2) is 107 Å². The largest absolute Gasteiger partial charge is 0.468 e. The summed E-state index contributed by atoms with van der Waals surface area (Å²) in [6, 6.07) is 30.1. The van der Waals surface area contributed by atoms with Crippen molar-refractivity contribution < 1.29 is 39.7 Å². The standard InChI is InChI=1S/C33H30N2O8S2/c1-2-23(17-32-34(21-44(36,37)38)28-19-26(13-15-30(28)42-32)24-9-5-3-6-10-24)18-33-35(22-45(39,40)41)29-20-27(14-16-31(29)43-33)25-11-7-4-8-12-25/h3-17,19-20,33H,2,18,21-22H2,1H3,(H-,36,37,38,39,40,41)/p+1/b23-17-. The second kappa shape index (κ2) is 12.1. The molecular formula is C33H31N2O8S2+. The summed E-state index contributed by atoms with van der Waals surface area (Å²) in [4.78, 5) is 1.50. The average molecular weight is 648 g/mol. The van der Waals surface area contributed by atoms with E-state index in [0.29, 0.717) is 29.0 Å². The van der Waals surface area contributed by atoms with E-state index in [-0.39, 0.29) is 12.3 Å². The highest BCUT2D eigenvalue weighted by Crippen LogP contribution is 2.42. The molecule has 2 heterocycles. The fourth-order valence-electron chi connectivity index (χ4n) is 5.52. The fraction of sp³-hybridized carbons (Fsp3) is 0.182. The summed E-state index contributed by atoms with van der Waals surface area (Å²) in [5, 5.41) is 0. The Morgan fingerprint density at radius 1 is 0.822 bits per heavy atom. The Kier molecular flexibility index (Phi) is 8.23. The summed E-state index contributed by atoms with van der Waals surface area (Å²) >= 11 is 0. The van der Waals surface area contributed by atoms with Crippen LogP contribution in [0.1, 0.15) is 25.7 Å². The van der Waals surface area contributed by atoms with Gasteiger partial charge in [0.2, 0.25) is 5.58 Å². The summed E-state index contributed by atoms with van der Waals surface area (Å²) in [5.41, 5.74) is 5.73. The Labute approximate surface area is 261 Å². The lowest BCUT2D eigenvalue weighted by atomic mass is 10.0. The number of oxazole rings is 1. The van der Waals surface area contributed by atoms with Crippen LogP contribution in [0.4, 0.5) is 5.69 Å². The molecule has 0 saturated carbocycles. The van der Waals surface area contributed by atoms with Crippen molar-refractivity contribution in [3.8, 4) is 28.0 Å². The zero-order valence-corrected chi connectivity index (χ0v) is 25.9. The molecule has 0 saturated heterocycles. The van der Waals surface area contributed by atoms with Gasteiger partial charge in [0.25, 0.3) is 21.5 Å². The number of aromatic nitrogens is 1. The molecule has 6 rings (SSSR count). The minimum Gasteiger partial charge on any atom is -0.468 e. The molecule has 2 N–H and O–H groups in total. The van der Waals surface area contributed by atoms with Gasteiger partial charge in [-0.25, -0.2) is 0 Å². The van der Waals surface area contributed by atoms with Gasteiger partial charge in [0, 0.05) is 12.5 Å². The lowest BCUT2D eigenvalue weighted by molar-refractivity contribution is -0.658. The quantitative estimate of drug-likeness (QED) is 0.135. The highest BCUT2D eigenvalue weighted by Gasteiger charge is 2.35. The minimum absolute atomic E-state index is 0.188. The van der Waals surface area contributed by atoms with Crippen molar-refractivity contribution >= 4 is 43.1 Å². The van der Waals surface area contributed by atoms with E-state index in [2.05, 4.69) is 0 Å². The number of nitrogens with zero attached hydrogens (tertiary/aromatic N) is 2. The number of fused-ring (bicyclic) bond motifs is 2. The minimum atomic E-state index is -4.45. The molecule has 0 fully saturated rings. The van der Waals surface area contributed by atoms with Crippen LogP contribution in [-0.4, -0.2) is 38.0 Å². The van der Waals surface area contributed by atoms with Crippen molar-refractivity contribution in [2.24, 2.45) is 0 Å². The Hall–Kier alpha value is -4.49. The molecule has 0 aliphatic carbocycles. The van der Waals surface area contributed by atoms with E-state index in [9.17, 15) is 25.9 Å². The summed E-state index contributed by atoms with van der Waals surface area (Å²) in [7, 11) is -8.87. The van der Waals surface area contributed by atoms with E-state index in [0.717, 1.165) is 27.8 Å². The maximum absolute atomic E-state index is 12.1. The van der Waals surface area contributed by atoms with E-state index in [1.807, 2.05) is 85.8 Å². The monoisotopic (exact) mass is 647 g/mol. The van der Waals surface area contributed by atoms with Gasteiger partial charge in [0.15, 0.2) is 6.23 Å². The van der Waals surface area contributed by atoms with Crippen molar-refractivity contribution in [2.45, 2.75) is 31.9 Å². The Morgan fingerprint density at radius 2 is 1.44 bits per heavy atom. The van der Waals surface area contributed by atoms with Crippen LogP contribution in [0.25, 0.3) is 39.4 Å². The highest BCUT2D eigenvalue weighted by atomic mass is 32.2. The normalized spacial score (nSPS) is 15.3. The zero-order chi connectivity index (χ0) is 31.8. The van der Waals surface area contributed by atoms with Crippen molar-refractivity contribution in [1.82, 2.24) is 0 Å². The van der Waals surface area contributed by atoms with Gasteiger partial charge in [-0.3, -0.25) is 9.11 Å². The van der Waals surface area contributed by atoms with E-state index >= 15 is 0 Å². The first kappa shape index (κ1) is 30.5. The third kappa shape index (κ3) is 6.94. The molecule has 4 aromatic carbocycles. The summed E-state index contributed by atoms with van der Waals surface area (Å²) in [5.74, 6) is -0.760. The highest BCUT2D eigenvalue weighted by molar-refractivity contribution is 7.85. The number of rotatable bonds is 10. The molecule has 45 heavy (non-hydrogen) atoms. The SMILES string of the molecule is CC/C(=C/c1oc2ccc(-c3ccccc3)cc2[n+]1CS(=O)(=O)O)CC1Oc2ccc(-c3ccccc3)cc2N1CS(=O)(=O)O. The van der Waals surface area contributed by atoms with Crippen LogP contribution < -0.4 is 14.2 Å². The molecule has 1 aliphatic rings. The van der Waals surface area contributed by atoms with Gasteiger partial charge in [-0.2, -0.15) is 16.8 Å². The van der Waals surface area contributed by atoms with Crippen LogP contribution in [0.3, 0.4) is 0 Å². The second-order valence-corrected chi connectivity index (χ2v) is 13.6. The van der Waals surface area contributed by atoms with Gasteiger partial charge in [0.1, 0.15) is 11.6 Å². The Morgan fingerprint density at radius 3 is 2.04 bits per heavy atom. The van der Waals surface area contributed by atoms with Crippen molar-refractivity contribution in [3.05, 3.63) is 109 Å². The van der Waals surface area contributed by atoms with E-state index in [1.165, 1.54) is 9.47 Å². The second-order valence-electron chi connectivity index (χ2n) is 10.8. The lowest BCUT2D eigenvalue weighted by Crippen LogP contribution is -2.40. The Balaban J connectivity index is 1.37. The van der Waals surface area contributed by atoms with E-state index < -0.39 is 38.2 Å². The van der Waals surface area contributed by atoms with Crippen molar-refractivity contribution in [2.75, 3.05) is 10.8 Å². The molecule has 1 atom stereocenters. The average Bonchev–Trinajstić information content (AvgIpc) is 3.51. The number of hydrogen-bond acceptors (Lipinski definition) is 7. The van der Waals surface area contributed by atoms with E-state index in [4.69, 9.17) is 9.15 Å². The first-order chi connectivity index (χ1) is 21.5. The number of benzene rings is 4. The van der Waals surface area contributed by atoms with Gasteiger partial charge in [-0.05, 0) is 46.9 Å². The first-order valence-electron chi connectivity index (χ1n) is 14.2. The molecule has 0 radical (unpaired) electrons. The summed E-state index contributed by atoms with van der Waals surface area (Å²) < 4.78 is 81.7. The molecule has 1 unspecified atom stereocenters. The van der Waals surface area contributed by atoms with Crippen LogP contribution in [0, 0.1) is 0 Å². The van der Waals surface area contributed by atoms with E-state index in [1.54, 1.807) is 24.3 Å². The molecule has 0 amide bonds. The first-order valence-corrected chi connectivity index (χ1v) is 17.4. The Bertz CT molecular complexity index is 2110. The summed E-state index contributed by atoms with van der Waals surface area (Å²) in [6.07, 6.45) is 1.59.